The van der Waals surface area contributed by atoms with Gasteiger partial charge in [0.1, 0.15) is 5.82 Å². The van der Waals surface area contributed by atoms with Crippen LogP contribution in [0.5, 0.6) is 0 Å². The molecule has 2 aromatic rings. The zero-order chi connectivity index (χ0) is 13.7. The predicted molar refractivity (Wildman–Crippen MR) is 77.7 cm³/mol. The molecule has 100 valence electrons. The van der Waals surface area contributed by atoms with Crippen molar-refractivity contribution in [3.8, 4) is 0 Å². The molecule has 0 aliphatic heterocycles. The fraction of sp³-hybridized carbons (Fsp3) is 0.250. The van der Waals surface area contributed by atoms with Gasteiger partial charge in [-0.15, -0.1) is 0 Å². The van der Waals surface area contributed by atoms with Crippen molar-refractivity contribution >= 4 is 5.69 Å². The molecule has 2 nitrogen and oxygen atoms in total. The summed E-state index contributed by atoms with van der Waals surface area (Å²) in [4.78, 5) is 2.18. The Kier molecular flexibility index (Phi) is 4.53. The van der Waals surface area contributed by atoms with Gasteiger partial charge in [0.2, 0.25) is 0 Å². The maximum Gasteiger partial charge on any atom is 0.123 e. The number of rotatable bonds is 5. The topological polar surface area (TPSA) is 29.3 Å². The first kappa shape index (κ1) is 13.6. The predicted octanol–water partition coefficient (Wildman–Crippen LogP) is 2.96. The molecule has 0 aliphatic rings. The number of likely N-dealkylation sites (N-methyl/N-ethyl adjacent to an activating group) is 1. The highest BCUT2D eigenvalue weighted by Crippen LogP contribution is 2.15. The molecule has 0 amide bonds. The summed E-state index contributed by atoms with van der Waals surface area (Å²) in [5.41, 5.74) is 9.07. The van der Waals surface area contributed by atoms with Crippen molar-refractivity contribution in [2.24, 2.45) is 5.73 Å². The van der Waals surface area contributed by atoms with Gasteiger partial charge in [0, 0.05) is 25.8 Å². The minimum absolute atomic E-state index is 0.187. The Morgan fingerprint density at radius 2 is 1.79 bits per heavy atom. The van der Waals surface area contributed by atoms with E-state index in [1.54, 1.807) is 0 Å². The van der Waals surface area contributed by atoms with Crippen LogP contribution in [-0.4, -0.2) is 13.6 Å². The number of benzene rings is 2. The third kappa shape index (κ3) is 3.80. The molecule has 0 fully saturated rings. The largest absolute Gasteiger partial charge is 0.374 e. The Bertz CT molecular complexity index is 523. The molecule has 3 heteroatoms. The first-order chi connectivity index (χ1) is 9.19. The summed E-state index contributed by atoms with van der Waals surface area (Å²) >= 11 is 0. The number of halogens is 1. The molecule has 0 unspecified atom stereocenters. The van der Waals surface area contributed by atoms with Gasteiger partial charge in [0.15, 0.2) is 0 Å². The molecule has 19 heavy (non-hydrogen) atoms. The van der Waals surface area contributed by atoms with E-state index in [4.69, 9.17) is 5.73 Å². The van der Waals surface area contributed by atoms with Gasteiger partial charge in [-0.05, 0) is 41.8 Å². The summed E-state index contributed by atoms with van der Waals surface area (Å²) in [6.07, 6.45) is 0.892. The van der Waals surface area contributed by atoms with E-state index in [1.807, 2.05) is 24.3 Å². The fourth-order valence-electron chi connectivity index (χ4n) is 2.00. The van der Waals surface area contributed by atoms with Crippen LogP contribution in [-0.2, 0) is 13.0 Å². The van der Waals surface area contributed by atoms with Crippen molar-refractivity contribution in [2.75, 3.05) is 18.5 Å². The van der Waals surface area contributed by atoms with E-state index in [9.17, 15) is 4.39 Å². The van der Waals surface area contributed by atoms with Gasteiger partial charge in [-0.2, -0.15) is 0 Å². The van der Waals surface area contributed by atoms with Crippen LogP contribution in [0.1, 0.15) is 11.1 Å². The van der Waals surface area contributed by atoms with Gasteiger partial charge in [-0.3, -0.25) is 0 Å². The van der Waals surface area contributed by atoms with Crippen LogP contribution >= 0.6 is 0 Å². The molecular weight excluding hydrogens is 239 g/mol. The van der Waals surface area contributed by atoms with Crippen molar-refractivity contribution < 1.29 is 4.39 Å². The van der Waals surface area contributed by atoms with E-state index < -0.39 is 0 Å². The van der Waals surface area contributed by atoms with Crippen molar-refractivity contribution in [2.45, 2.75) is 13.0 Å². The number of nitrogens with two attached hydrogens (primary N) is 1. The minimum Gasteiger partial charge on any atom is -0.374 e. The maximum atomic E-state index is 12.8. The Balaban J connectivity index is 1.96. The molecule has 0 saturated carbocycles. The molecule has 2 rings (SSSR count). The van der Waals surface area contributed by atoms with Crippen molar-refractivity contribution in [3.63, 3.8) is 0 Å². The van der Waals surface area contributed by atoms with E-state index in [0.29, 0.717) is 6.54 Å². The van der Waals surface area contributed by atoms with Crippen LogP contribution in [0.2, 0.25) is 0 Å². The summed E-state index contributed by atoms with van der Waals surface area (Å²) in [7, 11) is 2.05. The Hall–Kier alpha value is -1.87. The molecule has 0 atom stereocenters. The molecule has 2 N–H and O–H groups in total. The zero-order valence-electron chi connectivity index (χ0n) is 11.1. The van der Waals surface area contributed by atoms with E-state index >= 15 is 0 Å². The lowest BCUT2D eigenvalue weighted by Gasteiger charge is -2.20. The van der Waals surface area contributed by atoms with Crippen LogP contribution in [0, 0.1) is 5.82 Å². The van der Waals surface area contributed by atoms with Gasteiger partial charge < -0.3 is 10.6 Å². The lowest BCUT2D eigenvalue weighted by molar-refractivity contribution is 0.627. The Labute approximate surface area is 113 Å². The van der Waals surface area contributed by atoms with Gasteiger partial charge in [0.25, 0.3) is 0 Å². The SMILES string of the molecule is CN(CCc1ccc(F)cc1)c1cccc(CN)c1. The molecule has 0 spiro atoms. The molecular formula is C16H19FN2. The second-order valence-corrected chi connectivity index (χ2v) is 4.67. The van der Waals surface area contributed by atoms with Gasteiger partial charge in [-0.25, -0.2) is 4.39 Å². The average molecular weight is 258 g/mol. The summed E-state index contributed by atoms with van der Waals surface area (Å²) in [6, 6.07) is 14.9. The van der Waals surface area contributed by atoms with E-state index in [0.717, 1.165) is 29.8 Å². The van der Waals surface area contributed by atoms with Gasteiger partial charge in [0.05, 0.1) is 0 Å². The number of anilines is 1. The highest BCUT2D eigenvalue weighted by molar-refractivity contribution is 5.48. The Morgan fingerprint density at radius 3 is 2.47 bits per heavy atom. The van der Waals surface area contributed by atoms with E-state index in [2.05, 4.69) is 24.1 Å². The van der Waals surface area contributed by atoms with E-state index in [1.165, 1.54) is 12.1 Å². The van der Waals surface area contributed by atoms with Gasteiger partial charge >= 0.3 is 0 Å². The molecule has 0 aliphatic carbocycles. The quantitative estimate of drug-likeness (QED) is 0.893. The first-order valence-corrected chi connectivity index (χ1v) is 6.43. The molecule has 0 radical (unpaired) electrons. The van der Waals surface area contributed by atoms with E-state index in [-0.39, 0.29) is 5.82 Å². The third-order valence-corrected chi connectivity index (χ3v) is 3.24. The maximum absolute atomic E-state index is 12.8. The Morgan fingerprint density at radius 1 is 1.05 bits per heavy atom. The lowest BCUT2D eigenvalue weighted by atomic mass is 10.1. The third-order valence-electron chi connectivity index (χ3n) is 3.24. The van der Waals surface area contributed by atoms with Crippen molar-refractivity contribution in [3.05, 3.63) is 65.5 Å². The van der Waals surface area contributed by atoms with Crippen LogP contribution in [0.25, 0.3) is 0 Å². The van der Waals surface area contributed by atoms with Crippen molar-refractivity contribution in [1.82, 2.24) is 0 Å². The highest BCUT2D eigenvalue weighted by atomic mass is 19.1. The summed E-state index contributed by atoms with van der Waals surface area (Å²) in [5, 5.41) is 0. The summed E-state index contributed by atoms with van der Waals surface area (Å²) < 4.78 is 12.8. The summed E-state index contributed by atoms with van der Waals surface area (Å²) in [5.74, 6) is -0.187. The van der Waals surface area contributed by atoms with Crippen LogP contribution < -0.4 is 10.6 Å². The monoisotopic (exact) mass is 258 g/mol. The lowest BCUT2D eigenvalue weighted by Crippen LogP contribution is -2.20. The summed E-state index contributed by atoms with van der Waals surface area (Å²) in [6.45, 7) is 1.44. The second-order valence-electron chi connectivity index (χ2n) is 4.67. The first-order valence-electron chi connectivity index (χ1n) is 6.43. The fourth-order valence-corrected chi connectivity index (χ4v) is 2.00. The zero-order valence-corrected chi connectivity index (χ0v) is 11.1. The van der Waals surface area contributed by atoms with Crippen LogP contribution in [0.15, 0.2) is 48.5 Å². The molecule has 0 bridgehead atoms. The minimum atomic E-state index is -0.187. The van der Waals surface area contributed by atoms with Gasteiger partial charge in [-0.1, -0.05) is 24.3 Å². The molecule has 0 saturated heterocycles. The molecule has 0 aromatic heterocycles. The number of hydrogen-bond acceptors (Lipinski definition) is 2. The van der Waals surface area contributed by atoms with Crippen LogP contribution in [0.4, 0.5) is 10.1 Å². The van der Waals surface area contributed by atoms with Crippen molar-refractivity contribution in [1.29, 1.82) is 0 Å². The number of hydrogen-bond donors (Lipinski definition) is 1. The smallest absolute Gasteiger partial charge is 0.123 e. The number of nitrogens with zero attached hydrogens (tertiary/aromatic N) is 1. The normalized spacial score (nSPS) is 10.5. The molecule has 2 aromatic carbocycles. The highest BCUT2D eigenvalue weighted by Gasteiger charge is 2.02. The average Bonchev–Trinajstić information content (AvgIpc) is 2.46. The second kappa shape index (κ2) is 6.34. The standard InChI is InChI=1S/C16H19FN2/c1-19(16-4-2-3-14(11-16)12-18)10-9-13-5-7-15(17)8-6-13/h2-8,11H,9-10,12,18H2,1H3. The molecule has 0 heterocycles. The van der Waals surface area contributed by atoms with Crippen LogP contribution in [0.3, 0.4) is 0 Å².